The van der Waals surface area contributed by atoms with Gasteiger partial charge in [0.1, 0.15) is 0 Å². The van der Waals surface area contributed by atoms with Crippen LogP contribution in [0, 0.1) is 5.92 Å². The van der Waals surface area contributed by atoms with Gasteiger partial charge in [-0.15, -0.1) is 11.3 Å². The summed E-state index contributed by atoms with van der Waals surface area (Å²) in [5.41, 5.74) is 0. The van der Waals surface area contributed by atoms with Crippen LogP contribution in [0.5, 0.6) is 0 Å². The summed E-state index contributed by atoms with van der Waals surface area (Å²) >= 11 is 11.0. The second-order valence-electron chi connectivity index (χ2n) is 2.84. The van der Waals surface area contributed by atoms with Gasteiger partial charge in [0, 0.05) is 10.2 Å². The molecule has 1 rings (SSSR count). The van der Waals surface area contributed by atoms with Crippen LogP contribution in [0.25, 0.3) is 0 Å². The molecule has 0 nitrogen and oxygen atoms in total. The topological polar surface area (TPSA) is 0 Å². The second-order valence-corrected chi connectivity index (χ2v) is 5.29. The number of hydrogen-bond donors (Lipinski definition) is 0. The molecule has 0 aliphatic carbocycles. The second kappa shape index (κ2) is 5.25. The van der Waals surface area contributed by atoms with Gasteiger partial charge in [-0.05, 0) is 24.5 Å². The minimum Gasteiger partial charge on any atom is -0.128 e. The van der Waals surface area contributed by atoms with E-state index in [2.05, 4.69) is 28.9 Å². The van der Waals surface area contributed by atoms with Crippen LogP contribution in [-0.4, -0.2) is 5.33 Å². The zero-order valence-electron chi connectivity index (χ0n) is 7.02. The zero-order chi connectivity index (χ0) is 8.97. The molecule has 0 radical (unpaired) electrons. The van der Waals surface area contributed by atoms with Crippen molar-refractivity contribution < 1.29 is 0 Å². The van der Waals surface area contributed by atoms with E-state index in [0.717, 1.165) is 22.0 Å². The van der Waals surface area contributed by atoms with E-state index in [-0.39, 0.29) is 0 Å². The lowest BCUT2D eigenvalue weighted by molar-refractivity contribution is 0.578. The molecule has 0 spiro atoms. The molecule has 0 amide bonds. The molecule has 1 aromatic heterocycles. The van der Waals surface area contributed by atoms with Crippen LogP contribution in [0.3, 0.4) is 0 Å². The van der Waals surface area contributed by atoms with Crippen LogP contribution in [0.1, 0.15) is 18.2 Å². The molecule has 0 aliphatic rings. The molecule has 1 atom stereocenters. The lowest BCUT2D eigenvalue weighted by Crippen LogP contribution is -2.02. The summed E-state index contributed by atoms with van der Waals surface area (Å²) in [6.07, 6.45) is 2.37. The number of halogens is 2. The van der Waals surface area contributed by atoms with E-state index in [1.807, 2.05) is 6.07 Å². The molecule has 0 N–H and O–H groups in total. The third-order valence-electron chi connectivity index (χ3n) is 1.91. The van der Waals surface area contributed by atoms with Gasteiger partial charge in [0.15, 0.2) is 0 Å². The van der Waals surface area contributed by atoms with Crippen molar-refractivity contribution in [2.45, 2.75) is 19.8 Å². The summed E-state index contributed by atoms with van der Waals surface area (Å²) in [4.78, 5) is 1.39. The molecule has 1 aromatic rings. The summed E-state index contributed by atoms with van der Waals surface area (Å²) in [6, 6.07) is 4.10. The molecule has 0 aromatic carbocycles. The van der Waals surface area contributed by atoms with Gasteiger partial charge in [-0.25, -0.2) is 0 Å². The highest BCUT2D eigenvalue weighted by atomic mass is 79.9. The van der Waals surface area contributed by atoms with Gasteiger partial charge in [-0.3, -0.25) is 0 Å². The molecule has 1 heterocycles. The van der Waals surface area contributed by atoms with E-state index in [4.69, 9.17) is 11.6 Å². The summed E-state index contributed by atoms with van der Waals surface area (Å²) in [5, 5.41) is 1.08. The smallest absolute Gasteiger partial charge is 0.0931 e. The van der Waals surface area contributed by atoms with Gasteiger partial charge in [0.05, 0.1) is 4.34 Å². The fourth-order valence-corrected chi connectivity index (χ4v) is 2.94. The minimum absolute atomic E-state index is 0.750. The maximum atomic E-state index is 5.84. The normalized spacial score (nSPS) is 13.2. The molecule has 0 saturated heterocycles. The van der Waals surface area contributed by atoms with E-state index < -0.39 is 0 Å². The van der Waals surface area contributed by atoms with Crippen molar-refractivity contribution in [3.8, 4) is 0 Å². The monoisotopic (exact) mass is 266 g/mol. The highest BCUT2D eigenvalue weighted by Gasteiger charge is 2.06. The number of alkyl halides is 1. The van der Waals surface area contributed by atoms with Crippen molar-refractivity contribution in [1.82, 2.24) is 0 Å². The maximum absolute atomic E-state index is 5.84. The lowest BCUT2D eigenvalue weighted by Gasteiger charge is -2.08. The van der Waals surface area contributed by atoms with Crippen molar-refractivity contribution in [3.05, 3.63) is 21.3 Å². The van der Waals surface area contributed by atoms with E-state index in [1.165, 1.54) is 11.3 Å². The van der Waals surface area contributed by atoms with Crippen molar-refractivity contribution >= 4 is 38.9 Å². The third kappa shape index (κ3) is 3.08. The van der Waals surface area contributed by atoms with E-state index in [1.54, 1.807) is 11.3 Å². The first kappa shape index (κ1) is 10.6. The third-order valence-corrected chi connectivity index (χ3v) is 4.08. The number of thiophene rings is 1. The first-order valence-corrected chi connectivity index (χ1v) is 6.38. The van der Waals surface area contributed by atoms with Gasteiger partial charge in [-0.1, -0.05) is 40.9 Å². The van der Waals surface area contributed by atoms with Crippen molar-refractivity contribution in [3.63, 3.8) is 0 Å². The predicted molar refractivity (Wildman–Crippen MR) is 60.6 cm³/mol. The van der Waals surface area contributed by atoms with Crippen molar-refractivity contribution in [2.75, 3.05) is 5.33 Å². The van der Waals surface area contributed by atoms with E-state index in [9.17, 15) is 0 Å². The quantitative estimate of drug-likeness (QED) is 0.711. The first-order valence-electron chi connectivity index (χ1n) is 4.06. The summed E-state index contributed by atoms with van der Waals surface area (Å²) in [7, 11) is 0. The molecule has 0 fully saturated rings. The van der Waals surface area contributed by atoms with Crippen LogP contribution in [0.2, 0.25) is 4.34 Å². The van der Waals surface area contributed by atoms with Gasteiger partial charge in [0.25, 0.3) is 0 Å². The molecule has 12 heavy (non-hydrogen) atoms. The minimum atomic E-state index is 0.750. The fourth-order valence-electron chi connectivity index (χ4n) is 1.05. The summed E-state index contributed by atoms with van der Waals surface area (Å²) in [5.74, 6) is 0.750. The summed E-state index contributed by atoms with van der Waals surface area (Å²) in [6.45, 7) is 2.22. The van der Waals surface area contributed by atoms with Crippen LogP contribution in [-0.2, 0) is 6.42 Å². The van der Waals surface area contributed by atoms with Crippen LogP contribution >= 0.6 is 38.9 Å². The molecule has 0 aliphatic heterocycles. The highest BCUT2D eigenvalue weighted by molar-refractivity contribution is 9.09. The Kier molecular flexibility index (Phi) is 4.62. The van der Waals surface area contributed by atoms with Gasteiger partial charge < -0.3 is 0 Å². The molecular formula is C9H12BrClS. The Morgan fingerprint density at radius 1 is 1.58 bits per heavy atom. The molecular weight excluding hydrogens is 256 g/mol. The Morgan fingerprint density at radius 2 is 2.33 bits per heavy atom. The predicted octanol–water partition coefficient (Wildman–Crippen LogP) is 4.37. The average Bonchev–Trinajstić information content (AvgIpc) is 2.47. The Balaban J connectivity index is 2.50. The number of hydrogen-bond acceptors (Lipinski definition) is 1. The fraction of sp³-hybridized carbons (Fsp3) is 0.556. The van der Waals surface area contributed by atoms with Gasteiger partial charge in [0.2, 0.25) is 0 Å². The average molecular weight is 268 g/mol. The summed E-state index contributed by atoms with van der Waals surface area (Å²) < 4.78 is 0.898. The molecule has 68 valence electrons. The Labute approximate surface area is 91.1 Å². The van der Waals surface area contributed by atoms with E-state index in [0.29, 0.717) is 0 Å². The van der Waals surface area contributed by atoms with Crippen molar-refractivity contribution in [2.24, 2.45) is 5.92 Å². The Morgan fingerprint density at radius 3 is 2.75 bits per heavy atom. The van der Waals surface area contributed by atoms with E-state index >= 15 is 0 Å². The molecule has 0 bridgehead atoms. The van der Waals surface area contributed by atoms with Crippen LogP contribution < -0.4 is 0 Å². The Hall–Kier alpha value is 0.470. The SMILES string of the molecule is CCC(CBr)Cc1ccc(Cl)s1. The van der Waals surface area contributed by atoms with Crippen LogP contribution in [0.15, 0.2) is 12.1 Å². The van der Waals surface area contributed by atoms with Crippen molar-refractivity contribution in [1.29, 1.82) is 0 Å². The first-order chi connectivity index (χ1) is 5.76. The maximum Gasteiger partial charge on any atom is 0.0931 e. The lowest BCUT2D eigenvalue weighted by atomic mass is 10.0. The molecule has 0 saturated carbocycles. The molecule has 3 heteroatoms. The molecule has 1 unspecified atom stereocenters. The largest absolute Gasteiger partial charge is 0.128 e. The number of rotatable bonds is 4. The highest BCUT2D eigenvalue weighted by Crippen LogP contribution is 2.25. The van der Waals surface area contributed by atoms with Gasteiger partial charge >= 0.3 is 0 Å². The van der Waals surface area contributed by atoms with Crippen LogP contribution in [0.4, 0.5) is 0 Å². The Bertz CT molecular complexity index is 230. The van der Waals surface area contributed by atoms with Gasteiger partial charge in [-0.2, -0.15) is 0 Å². The standard InChI is InChI=1S/C9H12BrClS/c1-2-7(6-10)5-8-3-4-9(11)12-8/h3-4,7H,2,5-6H2,1H3. The zero-order valence-corrected chi connectivity index (χ0v) is 10.2.